The van der Waals surface area contributed by atoms with Crippen LogP contribution in [0.1, 0.15) is 15.9 Å². The van der Waals surface area contributed by atoms with E-state index in [9.17, 15) is 4.79 Å². The van der Waals surface area contributed by atoms with Crippen molar-refractivity contribution in [3.05, 3.63) is 64.1 Å². The predicted octanol–water partition coefficient (Wildman–Crippen LogP) is 3.91. The molecule has 0 spiro atoms. The zero-order chi connectivity index (χ0) is 15.2. The molecular weight excluding hydrogens is 330 g/mol. The third-order valence-electron chi connectivity index (χ3n) is 3.20. The summed E-state index contributed by atoms with van der Waals surface area (Å²) in [5.41, 5.74) is 1.79. The molecule has 1 amide bonds. The lowest BCUT2D eigenvalue weighted by molar-refractivity contribution is 0.0773. The Hall–Kier alpha value is -1.81. The summed E-state index contributed by atoms with van der Waals surface area (Å²) in [4.78, 5) is 14.0. The summed E-state index contributed by atoms with van der Waals surface area (Å²) in [5, 5.41) is 0. The van der Waals surface area contributed by atoms with Crippen molar-refractivity contribution in [3.63, 3.8) is 0 Å². The van der Waals surface area contributed by atoms with Gasteiger partial charge in [-0.15, -0.1) is 0 Å². The molecule has 0 fully saturated rings. The molecule has 0 aliphatic heterocycles. The highest BCUT2D eigenvalue weighted by Crippen LogP contribution is 2.18. The Kier molecular flexibility index (Phi) is 5.39. The summed E-state index contributed by atoms with van der Waals surface area (Å²) in [5.74, 6) is 0.809. The number of benzene rings is 2. The first kappa shape index (κ1) is 15.6. The number of aryl methyl sites for hydroxylation is 1. The van der Waals surface area contributed by atoms with Crippen LogP contribution in [0.25, 0.3) is 0 Å². The molecule has 0 radical (unpaired) electrons. The van der Waals surface area contributed by atoms with Crippen LogP contribution in [-0.2, 0) is 0 Å². The Labute approximate surface area is 133 Å². The van der Waals surface area contributed by atoms with Crippen molar-refractivity contribution in [2.75, 3.05) is 20.2 Å². The number of carbonyl (C=O) groups excluding carboxylic acids is 1. The highest BCUT2D eigenvalue weighted by atomic mass is 79.9. The van der Waals surface area contributed by atoms with E-state index < -0.39 is 0 Å². The Balaban J connectivity index is 1.89. The van der Waals surface area contributed by atoms with Crippen LogP contribution in [0.4, 0.5) is 0 Å². The summed E-state index contributed by atoms with van der Waals surface area (Å²) in [7, 11) is 1.78. The number of nitrogens with zero attached hydrogens (tertiary/aromatic N) is 1. The topological polar surface area (TPSA) is 29.5 Å². The molecule has 0 N–H and O–H groups in total. The van der Waals surface area contributed by atoms with Crippen LogP contribution in [0.2, 0.25) is 0 Å². The van der Waals surface area contributed by atoms with Gasteiger partial charge in [-0.25, -0.2) is 0 Å². The maximum absolute atomic E-state index is 12.3. The number of rotatable bonds is 5. The second-order valence-corrected chi connectivity index (χ2v) is 5.71. The van der Waals surface area contributed by atoms with E-state index in [2.05, 4.69) is 15.9 Å². The van der Waals surface area contributed by atoms with E-state index >= 15 is 0 Å². The summed E-state index contributed by atoms with van der Waals surface area (Å²) in [6.07, 6.45) is 0. The van der Waals surface area contributed by atoms with E-state index in [4.69, 9.17) is 4.74 Å². The lowest BCUT2D eigenvalue weighted by atomic mass is 10.1. The Morgan fingerprint density at radius 2 is 1.90 bits per heavy atom. The first-order valence-corrected chi connectivity index (χ1v) is 7.56. The van der Waals surface area contributed by atoms with Gasteiger partial charge >= 0.3 is 0 Å². The highest BCUT2D eigenvalue weighted by molar-refractivity contribution is 9.10. The molecule has 0 bridgehead atoms. The van der Waals surface area contributed by atoms with Crippen LogP contribution in [0.3, 0.4) is 0 Å². The second-order valence-electron chi connectivity index (χ2n) is 4.85. The Morgan fingerprint density at radius 1 is 1.19 bits per heavy atom. The van der Waals surface area contributed by atoms with Gasteiger partial charge < -0.3 is 9.64 Å². The number of hydrogen-bond donors (Lipinski definition) is 0. The zero-order valence-corrected chi connectivity index (χ0v) is 13.8. The van der Waals surface area contributed by atoms with Crippen molar-refractivity contribution in [1.29, 1.82) is 0 Å². The fraction of sp³-hybridized carbons (Fsp3) is 0.235. The first-order valence-electron chi connectivity index (χ1n) is 6.77. The average Bonchev–Trinajstić information content (AvgIpc) is 2.50. The predicted molar refractivity (Wildman–Crippen MR) is 87.8 cm³/mol. The molecule has 0 unspecified atom stereocenters. The number of carbonyl (C=O) groups is 1. The number of para-hydroxylation sites is 1. The molecule has 21 heavy (non-hydrogen) atoms. The standard InChI is InChI=1S/C17H18BrNO2/c1-13-8-9-14(12-16(13)18)17(20)19(2)10-11-21-15-6-4-3-5-7-15/h3-9,12H,10-11H2,1-2H3. The minimum atomic E-state index is -0.00707. The van der Waals surface area contributed by atoms with Gasteiger partial charge in [0.15, 0.2) is 0 Å². The first-order chi connectivity index (χ1) is 10.1. The van der Waals surface area contributed by atoms with Crippen LogP contribution < -0.4 is 4.74 Å². The molecule has 0 aliphatic rings. The van der Waals surface area contributed by atoms with Gasteiger partial charge in [-0.2, -0.15) is 0 Å². The van der Waals surface area contributed by atoms with Crippen molar-refractivity contribution in [2.45, 2.75) is 6.92 Å². The molecule has 0 saturated carbocycles. The summed E-state index contributed by atoms with van der Waals surface area (Å²) in [6, 6.07) is 15.2. The van der Waals surface area contributed by atoms with Gasteiger partial charge in [0.25, 0.3) is 5.91 Å². The van der Waals surface area contributed by atoms with Crippen LogP contribution in [0, 0.1) is 6.92 Å². The van der Waals surface area contributed by atoms with Crippen LogP contribution >= 0.6 is 15.9 Å². The molecule has 2 aromatic rings. The highest BCUT2D eigenvalue weighted by Gasteiger charge is 2.12. The van der Waals surface area contributed by atoms with E-state index in [0.717, 1.165) is 15.8 Å². The van der Waals surface area contributed by atoms with Gasteiger partial charge in [-0.1, -0.05) is 40.2 Å². The zero-order valence-electron chi connectivity index (χ0n) is 12.2. The monoisotopic (exact) mass is 347 g/mol. The summed E-state index contributed by atoms with van der Waals surface area (Å²) >= 11 is 3.45. The Bertz CT molecular complexity index is 613. The number of halogens is 1. The molecular formula is C17H18BrNO2. The Morgan fingerprint density at radius 3 is 2.57 bits per heavy atom. The van der Waals surface area contributed by atoms with E-state index in [-0.39, 0.29) is 5.91 Å². The molecule has 2 aromatic carbocycles. The number of ether oxygens (including phenoxy) is 1. The maximum Gasteiger partial charge on any atom is 0.253 e. The molecule has 4 heteroatoms. The van der Waals surface area contributed by atoms with Gasteiger partial charge in [0.05, 0.1) is 6.54 Å². The molecule has 110 valence electrons. The van der Waals surface area contributed by atoms with Crippen LogP contribution in [0.5, 0.6) is 5.75 Å². The summed E-state index contributed by atoms with van der Waals surface area (Å²) in [6.45, 7) is 3.01. The van der Waals surface area contributed by atoms with Crippen molar-refractivity contribution >= 4 is 21.8 Å². The molecule has 0 aromatic heterocycles. The van der Waals surface area contributed by atoms with Gasteiger partial charge in [0.1, 0.15) is 12.4 Å². The van der Waals surface area contributed by atoms with Gasteiger partial charge in [0.2, 0.25) is 0 Å². The van der Waals surface area contributed by atoms with Crippen LogP contribution in [-0.4, -0.2) is 31.0 Å². The van der Waals surface area contributed by atoms with Gasteiger partial charge in [-0.3, -0.25) is 4.79 Å². The quantitative estimate of drug-likeness (QED) is 0.820. The number of hydrogen-bond acceptors (Lipinski definition) is 2. The van der Waals surface area contributed by atoms with Crippen LogP contribution in [0.15, 0.2) is 53.0 Å². The lowest BCUT2D eigenvalue weighted by Gasteiger charge is -2.18. The van der Waals surface area contributed by atoms with E-state index in [0.29, 0.717) is 18.7 Å². The maximum atomic E-state index is 12.3. The van der Waals surface area contributed by atoms with Crippen molar-refractivity contribution in [3.8, 4) is 5.75 Å². The van der Waals surface area contributed by atoms with Crippen molar-refractivity contribution in [1.82, 2.24) is 4.90 Å². The van der Waals surface area contributed by atoms with E-state index in [1.54, 1.807) is 11.9 Å². The van der Waals surface area contributed by atoms with Crippen molar-refractivity contribution in [2.24, 2.45) is 0 Å². The number of amides is 1. The molecule has 0 atom stereocenters. The normalized spacial score (nSPS) is 10.2. The molecule has 0 heterocycles. The fourth-order valence-corrected chi connectivity index (χ4v) is 2.24. The molecule has 0 aliphatic carbocycles. The lowest BCUT2D eigenvalue weighted by Crippen LogP contribution is -2.30. The van der Waals surface area contributed by atoms with Gasteiger partial charge in [-0.05, 0) is 36.8 Å². The van der Waals surface area contributed by atoms with E-state index in [1.165, 1.54) is 0 Å². The fourth-order valence-electron chi connectivity index (χ4n) is 1.86. The van der Waals surface area contributed by atoms with Crippen molar-refractivity contribution < 1.29 is 9.53 Å². The average molecular weight is 348 g/mol. The minimum absolute atomic E-state index is 0.00707. The second kappa shape index (κ2) is 7.27. The smallest absolute Gasteiger partial charge is 0.253 e. The molecule has 0 saturated heterocycles. The van der Waals surface area contributed by atoms with E-state index in [1.807, 2.05) is 55.5 Å². The third-order valence-corrected chi connectivity index (χ3v) is 4.06. The summed E-state index contributed by atoms with van der Waals surface area (Å²) < 4.78 is 6.55. The number of likely N-dealkylation sites (N-methyl/N-ethyl adjacent to an activating group) is 1. The molecule has 2 rings (SSSR count). The molecule has 3 nitrogen and oxygen atoms in total. The SMILES string of the molecule is Cc1ccc(C(=O)N(C)CCOc2ccccc2)cc1Br. The minimum Gasteiger partial charge on any atom is -0.492 e. The van der Waals surface area contributed by atoms with Gasteiger partial charge in [0, 0.05) is 17.1 Å². The largest absolute Gasteiger partial charge is 0.492 e. The third kappa shape index (κ3) is 4.33.